The van der Waals surface area contributed by atoms with Gasteiger partial charge in [0.15, 0.2) is 0 Å². The second-order valence-corrected chi connectivity index (χ2v) is 7.34. The number of ether oxygens (including phenoxy) is 1. The first-order valence-electron chi connectivity index (χ1n) is 8.67. The zero-order valence-electron chi connectivity index (χ0n) is 15.1. The van der Waals surface area contributed by atoms with Crippen molar-refractivity contribution in [2.24, 2.45) is 0 Å². The number of carbonyl (C=O) groups is 1. The van der Waals surface area contributed by atoms with Crippen molar-refractivity contribution in [2.75, 3.05) is 38.2 Å². The monoisotopic (exact) mass is 473 g/mol. The summed E-state index contributed by atoms with van der Waals surface area (Å²) < 4.78 is 6.18. The fraction of sp³-hybridized carbons (Fsp3) is 0.238. The predicted octanol–water partition coefficient (Wildman–Crippen LogP) is 3.56. The van der Waals surface area contributed by atoms with Gasteiger partial charge >= 0.3 is 0 Å². The highest BCUT2D eigenvalue weighted by Gasteiger charge is 2.23. The number of hydrogen-bond acceptors (Lipinski definition) is 4. The molecule has 2 aromatic carbocycles. The van der Waals surface area contributed by atoms with Gasteiger partial charge in [-0.05, 0) is 58.5 Å². The summed E-state index contributed by atoms with van der Waals surface area (Å²) in [4.78, 5) is 16.8. The van der Waals surface area contributed by atoms with Crippen molar-refractivity contribution in [1.29, 1.82) is 5.26 Å². The highest BCUT2D eigenvalue weighted by molar-refractivity contribution is 14.1. The molecule has 0 unspecified atom stereocenters. The zero-order valence-corrected chi connectivity index (χ0v) is 17.2. The molecule has 0 spiro atoms. The first kappa shape index (κ1) is 19.2. The zero-order chi connectivity index (χ0) is 19.2. The molecular weight excluding hydrogens is 453 g/mol. The van der Waals surface area contributed by atoms with Gasteiger partial charge in [-0.1, -0.05) is 24.3 Å². The number of piperazine rings is 1. The number of rotatable bonds is 4. The third-order valence-electron chi connectivity index (χ3n) is 4.53. The summed E-state index contributed by atoms with van der Waals surface area (Å²) in [5, 5.41) is 9.49. The molecule has 6 heteroatoms. The van der Waals surface area contributed by atoms with E-state index in [0.29, 0.717) is 13.1 Å². The summed E-state index contributed by atoms with van der Waals surface area (Å²) >= 11 is 2.18. The number of halogens is 1. The van der Waals surface area contributed by atoms with Crippen LogP contribution in [0.25, 0.3) is 6.08 Å². The molecule has 0 bridgehead atoms. The number of methoxy groups -OCH3 is 1. The lowest BCUT2D eigenvalue weighted by atomic mass is 10.1. The molecule has 0 radical (unpaired) electrons. The molecule has 0 aromatic heterocycles. The van der Waals surface area contributed by atoms with Crippen LogP contribution in [0.3, 0.4) is 0 Å². The number of amides is 1. The van der Waals surface area contributed by atoms with E-state index in [4.69, 9.17) is 4.74 Å². The van der Waals surface area contributed by atoms with E-state index in [1.807, 2.05) is 36.4 Å². The second kappa shape index (κ2) is 8.91. The number of anilines is 1. The van der Waals surface area contributed by atoms with E-state index >= 15 is 0 Å². The Morgan fingerprint density at radius 3 is 2.44 bits per heavy atom. The van der Waals surface area contributed by atoms with Crippen LogP contribution in [0, 0.1) is 14.9 Å². The van der Waals surface area contributed by atoms with Crippen LogP contribution in [0.15, 0.2) is 54.1 Å². The van der Waals surface area contributed by atoms with Crippen LogP contribution in [-0.2, 0) is 4.79 Å². The van der Waals surface area contributed by atoms with Crippen LogP contribution in [-0.4, -0.2) is 44.1 Å². The third kappa shape index (κ3) is 4.61. The Labute approximate surface area is 173 Å². The molecule has 1 amide bonds. The number of para-hydroxylation sites is 1. The van der Waals surface area contributed by atoms with Crippen LogP contribution < -0.4 is 9.64 Å². The molecule has 0 atom stereocenters. The SMILES string of the molecule is COc1ccc(/C=C(/C#N)C(=O)N2CCN(c3ccccc3)CC2)cc1I. The number of nitrogens with zero attached hydrogens (tertiary/aromatic N) is 3. The van der Waals surface area contributed by atoms with Crippen molar-refractivity contribution < 1.29 is 9.53 Å². The van der Waals surface area contributed by atoms with Crippen molar-refractivity contribution in [3.8, 4) is 11.8 Å². The van der Waals surface area contributed by atoms with Gasteiger partial charge in [-0.25, -0.2) is 0 Å². The third-order valence-corrected chi connectivity index (χ3v) is 5.37. The molecule has 5 nitrogen and oxygen atoms in total. The molecule has 3 rings (SSSR count). The Morgan fingerprint density at radius 2 is 1.85 bits per heavy atom. The van der Waals surface area contributed by atoms with Crippen LogP contribution in [0.1, 0.15) is 5.56 Å². The van der Waals surface area contributed by atoms with Crippen LogP contribution >= 0.6 is 22.6 Å². The maximum Gasteiger partial charge on any atom is 0.264 e. The molecule has 1 heterocycles. The van der Waals surface area contributed by atoms with Gasteiger partial charge in [0.2, 0.25) is 0 Å². The lowest BCUT2D eigenvalue weighted by Crippen LogP contribution is -2.49. The summed E-state index contributed by atoms with van der Waals surface area (Å²) in [5.41, 5.74) is 2.13. The Kier molecular flexibility index (Phi) is 6.35. The van der Waals surface area contributed by atoms with Crippen molar-refractivity contribution in [2.45, 2.75) is 0 Å². The quantitative estimate of drug-likeness (QED) is 0.387. The van der Waals surface area contributed by atoms with Gasteiger partial charge < -0.3 is 14.5 Å². The van der Waals surface area contributed by atoms with Crippen molar-refractivity contribution in [3.05, 3.63) is 63.2 Å². The minimum absolute atomic E-state index is 0.157. The Bertz CT molecular complexity index is 882. The van der Waals surface area contributed by atoms with E-state index in [1.54, 1.807) is 18.1 Å². The molecule has 0 aliphatic carbocycles. The minimum atomic E-state index is -0.212. The molecule has 2 aromatic rings. The summed E-state index contributed by atoms with van der Waals surface area (Å²) in [5.74, 6) is 0.561. The van der Waals surface area contributed by atoms with E-state index in [0.717, 1.165) is 33.7 Å². The Balaban J connectivity index is 1.69. The summed E-state index contributed by atoms with van der Waals surface area (Å²) in [6, 6.07) is 17.8. The lowest BCUT2D eigenvalue weighted by Gasteiger charge is -2.36. The Hall–Kier alpha value is -2.53. The Morgan fingerprint density at radius 1 is 1.15 bits per heavy atom. The summed E-state index contributed by atoms with van der Waals surface area (Å²) in [6.45, 7) is 2.73. The lowest BCUT2D eigenvalue weighted by molar-refractivity contribution is -0.126. The van der Waals surface area contributed by atoms with E-state index < -0.39 is 0 Å². The van der Waals surface area contributed by atoms with Gasteiger partial charge in [-0.15, -0.1) is 0 Å². The molecule has 27 heavy (non-hydrogen) atoms. The van der Waals surface area contributed by atoms with Gasteiger partial charge in [0, 0.05) is 31.9 Å². The van der Waals surface area contributed by atoms with E-state index in [1.165, 1.54) is 0 Å². The maximum atomic E-state index is 12.8. The van der Waals surface area contributed by atoms with Crippen molar-refractivity contribution in [1.82, 2.24) is 4.90 Å². The number of benzene rings is 2. The van der Waals surface area contributed by atoms with Crippen LogP contribution in [0.4, 0.5) is 5.69 Å². The van der Waals surface area contributed by atoms with Gasteiger partial charge in [-0.2, -0.15) is 5.26 Å². The average Bonchev–Trinajstić information content (AvgIpc) is 2.72. The molecule has 138 valence electrons. The predicted molar refractivity (Wildman–Crippen MR) is 115 cm³/mol. The number of hydrogen-bond donors (Lipinski definition) is 0. The van der Waals surface area contributed by atoms with Crippen molar-refractivity contribution in [3.63, 3.8) is 0 Å². The summed E-state index contributed by atoms with van der Waals surface area (Å²) in [7, 11) is 1.62. The first-order valence-corrected chi connectivity index (χ1v) is 9.75. The molecule has 0 N–H and O–H groups in total. The van der Waals surface area contributed by atoms with E-state index in [-0.39, 0.29) is 11.5 Å². The topological polar surface area (TPSA) is 56.6 Å². The van der Waals surface area contributed by atoms with Gasteiger partial charge in [0.1, 0.15) is 17.4 Å². The van der Waals surface area contributed by atoms with Crippen LogP contribution in [0.5, 0.6) is 5.75 Å². The van der Waals surface area contributed by atoms with E-state index in [9.17, 15) is 10.1 Å². The number of carbonyl (C=O) groups excluding carboxylic acids is 1. The molecule has 1 fully saturated rings. The normalized spacial score (nSPS) is 14.6. The summed E-state index contributed by atoms with van der Waals surface area (Å²) in [6.07, 6.45) is 1.65. The van der Waals surface area contributed by atoms with E-state index in [2.05, 4.69) is 45.7 Å². The molecule has 1 saturated heterocycles. The van der Waals surface area contributed by atoms with Gasteiger partial charge in [0.05, 0.1) is 10.7 Å². The second-order valence-electron chi connectivity index (χ2n) is 6.18. The first-order chi connectivity index (χ1) is 13.1. The standard InChI is InChI=1S/C21H20IN3O2/c1-27-20-8-7-16(14-19(20)22)13-17(15-23)21(26)25-11-9-24(10-12-25)18-5-3-2-4-6-18/h2-8,13-14H,9-12H2,1H3/b17-13-. The molecule has 1 aliphatic rings. The largest absolute Gasteiger partial charge is 0.496 e. The van der Waals surface area contributed by atoms with Gasteiger partial charge in [-0.3, -0.25) is 4.79 Å². The average molecular weight is 473 g/mol. The fourth-order valence-electron chi connectivity index (χ4n) is 3.06. The van der Waals surface area contributed by atoms with Crippen molar-refractivity contribution >= 4 is 40.3 Å². The minimum Gasteiger partial charge on any atom is -0.496 e. The smallest absolute Gasteiger partial charge is 0.264 e. The highest BCUT2D eigenvalue weighted by Crippen LogP contribution is 2.23. The number of nitriles is 1. The fourth-order valence-corrected chi connectivity index (χ4v) is 3.82. The van der Waals surface area contributed by atoms with Gasteiger partial charge in [0.25, 0.3) is 5.91 Å². The highest BCUT2D eigenvalue weighted by atomic mass is 127. The maximum absolute atomic E-state index is 12.8. The molecule has 0 saturated carbocycles. The van der Waals surface area contributed by atoms with Crippen LogP contribution in [0.2, 0.25) is 0 Å². The molecular formula is C21H20IN3O2. The molecule has 1 aliphatic heterocycles.